The molecule has 0 spiro atoms. The fourth-order valence-electron chi connectivity index (χ4n) is 4.06. The number of likely N-dealkylation sites (N-methyl/N-ethyl adjacent to an activating group) is 1. The summed E-state index contributed by atoms with van der Waals surface area (Å²) in [6, 6.07) is 9.90. The third kappa shape index (κ3) is 4.04. The Balaban J connectivity index is 1.65. The predicted octanol–water partition coefficient (Wildman–Crippen LogP) is 2.54. The normalized spacial score (nSPS) is 28.0. The zero-order valence-electron chi connectivity index (χ0n) is 16.3. The van der Waals surface area contributed by atoms with Crippen molar-refractivity contribution < 1.29 is 13.2 Å². The van der Waals surface area contributed by atoms with Gasteiger partial charge in [-0.3, -0.25) is 0 Å². The molecule has 0 bridgehead atoms. The van der Waals surface area contributed by atoms with Crippen molar-refractivity contribution in [1.82, 2.24) is 14.5 Å². The van der Waals surface area contributed by atoms with Crippen molar-refractivity contribution in [2.24, 2.45) is 5.92 Å². The molecule has 0 aromatic heterocycles. The highest BCUT2D eigenvalue weighted by atomic mass is 32.2. The van der Waals surface area contributed by atoms with Crippen LogP contribution < -0.4 is 5.32 Å². The molecule has 2 fully saturated rings. The van der Waals surface area contributed by atoms with Crippen LogP contribution in [-0.4, -0.2) is 56.1 Å². The quantitative estimate of drug-likeness (QED) is 0.784. The molecule has 1 N–H and O–H groups in total. The average molecular weight is 392 g/mol. The van der Waals surface area contributed by atoms with Crippen molar-refractivity contribution >= 4 is 16.1 Å². The molecule has 1 aromatic rings. The number of sulfonamides is 1. The first-order valence-corrected chi connectivity index (χ1v) is 11.3. The van der Waals surface area contributed by atoms with Crippen LogP contribution in [0.3, 0.4) is 0 Å². The Hall–Kier alpha value is -1.86. The maximum absolute atomic E-state index is 12.3. The number of amides is 2. The van der Waals surface area contributed by atoms with Crippen LogP contribution in [-0.2, 0) is 15.6 Å². The minimum Gasteiger partial charge on any atom is -0.329 e. The van der Waals surface area contributed by atoms with Crippen LogP contribution >= 0.6 is 0 Å². The molecule has 2 amide bonds. The van der Waals surface area contributed by atoms with Crippen molar-refractivity contribution in [3.63, 3.8) is 0 Å². The highest BCUT2D eigenvalue weighted by Crippen LogP contribution is 2.36. The maximum Gasteiger partial charge on any atom is 0.318 e. The fourth-order valence-corrected chi connectivity index (χ4v) is 4.93. The number of hydrogen-bond acceptors (Lipinski definition) is 3. The summed E-state index contributed by atoms with van der Waals surface area (Å²) in [5.41, 5.74) is 0.663. The summed E-state index contributed by atoms with van der Waals surface area (Å²) in [4.78, 5) is 14.1. The third-order valence-corrected chi connectivity index (χ3v) is 7.39. The van der Waals surface area contributed by atoms with Gasteiger partial charge >= 0.3 is 6.03 Å². The van der Waals surface area contributed by atoms with E-state index in [-0.39, 0.29) is 12.1 Å². The van der Waals surface area contributed by atoms with Gasteiger partial charge in [0.05, 0.1) is 17.8 Å². The lowest BCUT2D eigenvalue weighted by molar-refractivity contribution is 0.182. The predicted molar refractivity (Wildman–Crippen MR) is 107 cm³/mol. The summed E-state index contributed by atoms with van der Waals surface area (Å²) in [5, 5.41) is 3.07. The molecular formula is C20H29N3O3S. The molecule has 0 radical (unpaired) electrons. The van der Waals surface area contributed by atoms with E-state index in [1.807, 2.05) is 25.2 Å². The minimum absolute atomic E-state index is 0.0718. The van der Waals surface area contributed by atoms with Gasteiger partial charge in [0.15, 0.2) is 0 Å². The molecule has 2 unspecified atom stereocenters. The highest BCUT2D eigenvalue weighted by Gasteiger charge is 2.47. The van der Waals surface area contributed by atoms with E-state index in [0.717, 1.165) is 24.8 Å². The first kappa shape index (κ1) is 19.9. The second kappa shape index (κ2) is 7.64. The van der Waals surface area contributed by atoms with Crippen molar-refractivity contribution in [2.45, 2.75) is 37.8 Å². The Bertz CT molecular complexity index is 801. The lowest BCUT2D eigenvalue weighted by Gasteiger charge is -2.35. The summed E-state index contributed by atoms with van der Waals surface area (Å²) < 4.78 is 24.8. The molecule has 2 aliphatic heterocycles. The molecule has 2 heterocycles. The van der Waals surface area contributed by atoms with Crippen LogP contribution in [0.4, 0.5) is 4.79 Å². The zero-order valence-corrected chi connectivity index (χ0v) is 17.1. The SMILES string of the molecule is CN1C(=O)NC(C=CCC2CCN(S(C)(=O)=O)CC2)C1(C)c1ccccc1. The zero-order chi connectivity index (χ0) is 19.7. The number of nitrogens with zero attached hydrogens (tertiary/aromatic N) is 2. The van der Waals surface area contributed by atoms with Crippen molar-refractivity contribution in [1.29, 1.82) is 0 Å². The molecule has 27 heavy (non-hydrogen) atoms. The lowest BCUT2D eigenvalue weighted by atomic mass is 9.84. The number of carbonyl (C=O) groups excluding carboxylic acids is 1. The Labute approximate surface area is 162 Å². The van der Waals surface area contributed by atoms with E-state index in [0.29, 0.717) is 19.0 Å². The number of rotatable bonds is 5. The minimum atomic E-state index is -3.08. The summed E-state index contributed by atoms with van der Waals surface area (Å²) in [6.45, 7) is 3.28. The largest absolute Gasteiger partial charge is 0.329 e. The Morgan fingerprint density at radius 1 is 1.22 bits per heavy atom. The van der Waals surface area contributed by atoms with Gasteiger partial charge in [-0.25, -0.2) is 17.5 Å². The monoisotopic (exact) mass is 391 g/mol. The van der Waals surface area contributed by atoms with E-state index in [1.54, 1.807) is 9.21 Å². The number of piperidine rings is 1. The Kier molecular flexibility index (Phi) is 5.63. The van der Waals surface area contributed by atoms with Crippen molar-refractivity contribution in [3.05, 3.63) is 48.0 Å². The topological polar surface area (TPSA) is 69.7 Å². The Morgan fingerprint density at radius 3 is 2.44 bits per heavy atom. The van der Waals surface area contributed by atoms with Gasteiger partial charge < -0.3 is 10.2 Å². The van der Waals surface area contributed by atoms with Gasteiger partial charge in [-0.15, -0.1) is 0 Å². The first-order valence-electron chi connectivity index (χ1n) is 9.44. The summed E-state index contributed by atoms with van der Waals surface area (Å²) in [6.07, 6.45) is 8.17. The van der Waals surface area contributed by atoms with E-state index in [1.165, 1.54) is 6.26 Å². The standard InChI is InChI=1S/C20H29N3O3S/c1-20(17-9-5-4-6-10-17)18(21-19(24)22(20)2)11-7-8-16-12-14-23(15-13-16)27(3,25)26/h4-7,9-11,16,18H,8,12-15H2,1-3H3,(H,21,24). The van der Waals surface area contributed by atoms with Gasteiger partial charge in [0.1, 0.15) is 0 Å². The molecule has 6 nitrogen and oxygen atoms in total. The number of urea groups is 1. The molecule has 2 saturated heterocycles. The van der Waals surface area contributed by atoms with E-state index < -0.39 is 15.6 Å². The third-order valence-electron chi connectivity index (χ3n) is 6.08. The number of nitrogens with one attached hydrogen (secondary N) is 1. The van der Waals surface area contributed by atoms with Gasteiger partial charge in [-0.2, -0.15) is 0 Å². The summed E-state index contributed by atoms with van der Waals surface area (Å²) in [5.74, 6) is 0.483. The van der Waals surface area contributed by atoms with Gasteiger partial charge in [0.2, 0.25) is 10.0 Å². The maximum atomic E-state index is 12.3. The van der Waals surface area contributed by atoms with Gasteiger partial charge in [0, 0.05) is 20.1 Å². The van der Waals surface area contributed by atoms with E-state index in [9.17, 15) is 13.2 Å². The highest BCUT2D eigenvalue weighted by molar-refractivity contribution is 7.88. The van der Waals surface area contributed by atoms with Crippen LogP contribution in [0, 0.1) is 5.92 Å². The summed E-state index contributed by atoms with van der Waals surface area (Å²) in [7, 11) is -1.25. The molecule has 0 saturated carbocycles. The van der Waals surface area contributed by atoms with Crippen molar-refractivity contribution in [3.8, 4) is 0 Å². The number of allylic oxidation sites excluding steroid dienone is 1. The van der Waals surface area contributed by atoms with E-state index in [2.05, 4.69) is 36.5 Å². The van der Waals surface area contributed by atoms with Crippen LogP contribution in [0.15, 0.2) is 42.5 Å². The average Bonchev–Trinajstić information content (AvgIpc) is 2.87. The van der Waals surface area contributed by atoms with Crippen molar-refractivity contribution in [2.75, 3.05) is 26.4 Å². The van der Waals surface area contributed by atoms with Gasteiger partial charge in [0.25, 0.3) is 0 Å². The molecule has 2 aliphatic rings. The molecular weight excluding hydrogens is 362 g/mol. The van der Waals surface area contributed by atoms with E-state index >= 15 is 0 Å². The van der Waals surface area contributed by atoms with Crippen LogP contribution in [0.2, 0.25) is 0 Å². The van der Waals surface area contributed by atoms with E-state index in [4.69, 9.17) is 0 Å². The van der Waals surface area contributed by atoms with Gasteiger partial charge in [-0.1, -0.05) is 42.5 Å². The molecule has 1 aromatic carbocycles. The Morgan fingerprint density at radius 2 is 1.85 bits per heavy atom. The van der Waals surface area contributed by atoms with Gasteiger partial charge in [-0.05, 0) is 37.7 Å². The number of hydrogen-bond donors (Lipinski definition) is 1. The second-order valence-electron chi connectivity index (χ2n) is 7.77. The smallest absolute Gasteiger partial charge is 0.318 e. The molecule has 7 heteroatoms. The second-order valence-corrected chi connectivity index (χ2v) is 9.75. The first-order chi connectivity index (χ1) is 12.7. The molecule has 3 rings (SSSR count). The number of benzene rings is 1. The van der Waals surface area contributed by atoms with Crippen LogP contribution in [0.1, 0.15) is 31.7 Å². The lowest BCUT2D eigenvalue weighted by Crippen LogP contribution is -2.43. The fraction of sp³-hybridized carbons (Fsp3) is 0.550. The van der Waals surface area contributed by atoms with Crippen LogP contribution in [0.25, 0.3) is 0 Å². The number of carbonyl (C=O) groups is 1. The van der Waals surface area contributed by atoms with Crippen LogP contribution in [0.5, 0.6) is 0 Å². The molecule has 2 atom stereocenters. The molecule has 148 valence electrons. The summed E-state index contributed by atoms with van der Waals surface area (Å²) >= 11 is 0. The molecule has 0 aliphatic carbocycles.